The predicted octanol–water partition coefficient (Wildman–Crippen LogP) is 4.21. The van der Waals surface area contributed by atoms with Gasteiger partial charge < -0.3 is 5.32 Å². The molecule has 28 heavy (non-hydrogen) atoms. The number of hydrazine groups is 1. The minimum atomic E-state index is -0.502. The third-order valence-corrected chi connectivity index (χ3v) is 4.86. The summed E-state index contributed by atoms with van der Waals surface area (Å²) in [5.41, 5.74) is 7.64. The molecule has 1 aliphatic heterocycles. The minimum absolute atomic E-state index is 0.250. The van der Waals surface area contributed by atoms with Crippen LogP contribution in [0.1, 0.15) is 43.6 Å². The van der Waals surface area contributed by atoms with Gasteiger partial charge >= 0.3 is 0 Å². The van der Waals surface area contributed by atoms with Crippen molar-refractivity contribution < 1.29 is 9.59 Å². The van der Waals surface area contributed by atoms with Gasteiger partial charge in [-0.2, -0.15) is 0 Å². The maximum absolute atomic E-state index is 13.2. The number of aryl methyl sites for hydroxylation is 2. The van der Waals surface area contributed by atoms with Crippen LogP contribution in [0.3, 0.4) is 0 Å². The molecule has 5 heteroatoms. The Morgan fingerprint density at radius 3 is 2.18 bits per heavy atom. The molecule has 0 aromatic heterocycles. The van der Waals surface area contributed by atoms with Crippen LogP contribution in [0.5, 0.6) is 0 Å². The monoisotopic (exact) mass is 371 g/mol. The van der Waals surface area contributed by atoms with E-state index in [9.17, 15) is 9.59 Å². The van der Waals surface area contributed by atoms with Crippen LogP contribution in [0.15, 0.2) is 72.8 Å². The van der Waals surface area contributed by atoms with Crippen LogP contribution in [-0.2, 0) is 0 Å². The van der Waals surface area contributed by atoms with Crippen molar-refractivity contribution in [3.05, 3.63) is 101 Å². The van der Waals surface area contributed by atoms with E-state index >= 15 is 0 Å². The van der Waals surface area contributed by atoms with E-state index in [-0.39, 0.29) is 11.8 Å². The summed E-state index contributed by atoms with van der Waals surface area (Å²) in [6.45, 7) is 3.97. The van der Waals surface area contributed by atoms with E-state index in [4.69, 9.17) is 0 Å². The Morgan fingerprint density at radius 2 is 1.50 bits per heavy atom. The number of anilines is 1. The lowest BCUT2D eigenvalue weighted by Gasteiger charge is -2.37. The zero-order chi connectivity index (χ0) is 19.7. The summed E-state index contributed by atoms with van der Waals surface area (Å²) < 4.78 is 0. The van der Waals surface area contributed by atoms with Crippen molar-refractivity contribution in [3.8, 4) is 0 Å². The highest BCUT2D eigenvalue weighted by Crippen LogP contribution is 2.32. The van der Waals surface area contributed by atoms with Crippen molar-refractivity contribution in [3.63, 3.8) is 0 Å². The minimum Gasteiger partial charge on any atom is -0.359 e. The molecule has 0 saturated heterocycles. The smallest absolute Gasteiger partial charge is 0.276 e. The molecule has 0 aliphatic carbocycles. The van der Waals surface area contributed by atoms with Gasteiger partial charge in [0.15, 0.2) is 0 Å². The number of nitrogens with one attached hydrogen (secondary N) is 2. The van der Waals surface area contributed by atoms with Crippen LogP contribution in [0.4, 0.5) is 5.69 Å². The number of hydrogen-bond acceptors (Lipinski definition) is 3. The molecule has 140 valence electrons. The third-order valence-electron chi connectivity index (χ3n) is 4.86. The number of amides is 2. The van der Waals surface area contributed by atoms with E-state index in [2.05, 4.69) is 10.7 Å². The number of hydrogen-bond donors (Lipinski definition) is 2. The lowest BCUT2D eigenvalue weighted by atomic mass is 10.0. The summed E-state index contributed by atoms with van der Waals surface area (Å²) in [6.07, 6.45) is -0.502. The van der Waals surface area contributed by atoms with Gasteiger partial charge in [0.2, 0.25) is 0 Å². The molecular formula is C23H21N3O2. The van der Waals surface area contributed by atoms with E-state index in [1.54, 1.807) is 18.2 Å². The summed E-state index contributed by atoms with van der Waals surface area (Å²) >= 11 is 0. The second-order valence-electron chi connectivity index (χ2n) is 6.99. The summed E-state index contributed by atoms with van der Waals surface area (Å²) in [4.78, 5) is 25.9. The average Bonchev–Trinajstić information content (AvgIpc) is 2.71. The molecule has 2 N–H and O–H groups in total. The molecule has 0 bridgehead atoms. The van der Waals surface area contributed by atoms with E-state index in [0.29, 0.717) is 11.1 Å². The third kappa shape index (κ3) is 3.34. The maximum atomic E-state index is 13.2. The zero-order valence-corrected chi connectivity index (χ0v) is 15.8. The van der Waals surface area contributed by atoms with E-state index in [0.717, 1.165) is 22.4 Å². The number of carbonyl (C=O) groups excluding carboxylic acids is 2. The van der Waals surface area contributed by atoms with Crippen molar-refractivity contribution in [2.24, 2.45) is 0 Å². The highest BCUT2D eigenvalue weighted by atomic mass is 16.2. The summed E-state index contributed by atoms with van der Waals surface area (Å²) in [5, 5.41) is 4.74. The van der Waals surface area contributed by atoms with Crippen molar-refractivity contribution in [1.29, 1.82) is 0 Å². The fraction of sp³-hybridized carbons (Fsp3) is 0.130. The van der Waals surface area contributed by atoms with Crippen molar-refractivity contribution in [1.82, 2.24) is 10.4 Å². The highest BCUT2D eigenvalue weighted by Gasteiger charge is 2.34. The van der Waals surface area contributed by atoms with Gasteiger partial charge in [0.25, 0.3) is 11.8 Å². The fourth-order valence-corrected chi connectivity index (χ4v) is 3.23. The number of benzene rings is 3. The summed E-state index contributed by atoms with van der Waals surface area (Å²) in [5.74, 6) is -0.577. The molecule has 4 rings (SSSR count). The molecular weight excluding hydrogens is 350 g/mol. The van der Waals surface area contributed by atoms with Gasteiger partial charge in [0.05, 0.1) is 5.56 Å². The number of nitrogens with zero attached hydrogens (tertiary/aromatic N) is 1. The van der Waals surface area contributed by atoms with Crippen LogP contribution in [-0.4, -0.2) is 16.8 Å². The topological polar surface area (TPSA) is 61.4 Å². The van der Waals surface area contributed by atoms with Gasteiger partial charge in [-0.3, -0.25) is 15.0 Å². The van der Waals surface area contributed by atoms with Crippen LogP contribution in [0.25, 0.3) is 0 Å². The Labute approximate surface area is 164 Å². The van der Waals surface area contributed by atoms with Crippen LogP contribution in [0, 0.1) is 13.8 Å². The lowest BCUT2D eigenvalue weighted by molar-refractivity contribution is 0.0491. The number of carbonyl (C=O) groups is 2. The largest absolute Gasteiger partial charge is 0.359 e. The average molecular weight is 371 g/mol. The Balaban J connectivity index is 1.70. The quantitative estimate of drug-likeness (QED) is 0.725. The number of rotatable bonds is 3. The summed E-state index contributed by atoms with van der Waals surface area (Å²) in [7, 11) is 0. The van der Waals surface area contributed by atoms with Crippen molar-refractivity contribution in [2.75, 3.05) is 5.32 Å². The SMILES string of the molecule is Cc1ccc(C(=O)NN2C(=O)c3ccccc3NC2c2ccc(C)cc2)cc1. The molecule has 5 nitrogen and oxygen atoms in total. The molecule has 0 fully saturated rings. The Kier molecular flexibility index (Phi) is 4.57. The zero-order valence-electron chi connectivity index (χ0n) is 15.8. The molecule has 1 atom stereocenters. The van der Waals surface area contributed by atoms with E-state index in [1.165, 1.54) is 5.01 Å². The van der Waals surface area contributed by atoms with Crippen molar-refractivity contribution >= 4 is 17.5 Å². The first-order valence-electron chi connectivity index (χ1n) is 9.16. The van der Waals surface area contributed by atoms with Crippen LogP contribution in [0.2, 0.25) is 0 Å². The molecule has 0 spiro atoms. The molecule has 3 aromatic carbocycles. The van der Waals surface area contributed by atoms with Gasteiger partial charge in [0, 0.05) is 11.3 Å². The Bertz CT molecular complexity index is 1030. The molecule has 0 saturated carbocycles. The molecule has 1 heterocycles. The lowest BCUT2D eigenvalue weighted by Crippen LogP contribution is -2.52. The van der Waals surface area contributed by atoms with Crippen LogP contribution >= 0.6 is 0 Å². The molecule has 2 amide bonds. The number of para-hydroxylation sites is 1. The van der Waals surface area contributed by atoms with Crippen molar-refractivity contribution in [2.45, 2.75) is 20.0 Å². The number of fused-ring (bicyclic) bond motifs is 1. The maximum Gasteiger partial charge on any atom is 0.276 e. The van der Waals surface area contributed by atoms with Gasteiger partial charge in [-0.1, -0.05) is 59.7 Å². The predicted molar refractivity (Wildman–Crippen MR) is 109 cm³/mol. The van der Waals surface area contributed by atoms with Gasteiger partial charge in [0.1, 0.15) is 6.17 Å². The first-order valence-corrected chi connectivity index (χ1v) is 9.16. The first kappa shape index (κ1) is 17.8. The summed E-state index contributed by atoms with van der Waals surface area (Å²) in [6, 6.07) is 22.5. The van der Waals surface area contributed by atoms with E-state index in [1.807, 2.05) is 68.4 Å². The second kappa shape index (κ2) is 7.19. The first-order chi connectivity index (χ1) is 13.5. The van der Waals surface area contributed by atoms with Gasteiger partial charge in [-0.15, -0.1) is 0 Å². The Morgan fingerprint density at radius 1 is 0.893 bits per heavy atom. The molecule has 1 aliphatic rings. The van der Waals surface area contributed by atoms with Gasteiger partial charge in [-0.25, -0.2) is 5.01 Å². The van der Waals surface area contributed by atoms with E-state index < -0.39 is 6.17 Å². The Hall–Kier alpha value is -3.60. The second-order valence-corrected chi connectivity index (χ2v) is 6.99. The van der Waals surface area contributed by atoms with Gasteiger partial charge in [-0.05, 0) is 43.7 Å². The molecule has 1 unspecified atom stereocenters. The fourth-order valence-electron chi connectivity index (χ4n) is 3.23. The van der Waals surface area contributed by atoms with Crippen LogP contribution < -0.4 is 10.7 Å². The molecule has 3 aromatic rings. The standard InChI is InChI=1S/C23H21N3O2/c1-15-7-11-17(12-8-15)21-24-20-6-4-3-5-19(20)23(28)26(21)25-22(27)18-13-9-16(2)10-14-18/h3-14,21,24H,1-2H3,(H,25,27). The normalized spacial score (nSPS) is 15.6. The molecule has 0 radical (unpaired) electrons. The highest BCUT2D eigenvalue weighted by molar-refractivity contribution is 6.04.